The standard InChI is InChI=1S/C20H24N2O5/c1-13(23)16-17(14-5-7-15(8-6-14)20(26)27-2)22(19(25)18(16)24)12-11-21-9-3-4-10-21/h5-8,17,24H,3-4,9-12H2,1-2H3. The number of carbonyl (C=O) groups is 3. The van der Waals surface area contributed by atoms with Crippen LogP contribution in [-0.4, -0.2) is 65.9 Å². The Hall–Kier alpha value is -2.67. The Morgan fingerprint density at radius 3 is 2.33 bits per heavy atom. The van der Waals surface area contributed by atoms with Crippen LogP contribution >= 0.6 is 0 Å². The number of ketones is 1. The summed E-state index contributed by atoms with van der Waals surface area (Å²) in [5.74, 6) is -1.81. The van der Waals surface area contributed by atoms with E-state index in [1.165, 1.54) is 18.9 Å². The summed E-state index contributed by atoms with van der Waals surface area (Å²) in [6.45, 7) is 4.46. The summed E-state index contributed by atoms with van der Waals surface area (Å²) in [6.07, 6.45) is 2.29. The van der Waals surface area contributed by atoms with E-state index in [4.69, 9.17) is 4.74 Å². The second-order valence-corrected chi connectivity index (χ2v) is 6.88. The van der Waals surface area contributed by atoms with E-state index in [2.05, 4.69) is 4.90 Å². The van der Waals surface area contributed by atoms with Gasteiger partial charge in [-0.2, -0.15) is 0 Å². The third-order valence-electron chi connectivity index (χ3n) is 5.19. The number of hydrogen-bond donors (Lipinski definition) is 1. The molecule has 1 atom stereocenters. The largest absolute Gasteiger partial charge is 0.503 e. The summed E-state index contributed by atoms with van der Waals surface area (Å²) in [4.78, 5) is 40.2. The van der Waals surface area contributed by atoms with Crippen molar-refractivity contribution in [3.8, 4) is 0 Å². The zero-order valence-electron chi connectivity index (χ0n) is 15.6. The van der Waals surface area contributed by atoms with E-state index >= 15 is 0 Å². The van der Waals surface area contributed by atoms with Crippen LogP contribution in [0.15, 0.2) is 35.6 Å². The van der Waals surface area contributed by atoms with Gasteiger partial charge in [0.25, 0.3) is 5.91 Å². The van der Waals surface area contributed by atoms with Crippen LogP contribution in [-0.2, 0) is 14.3 Å². The van der Waals surface area contributed by atoms with Crippen LogP contribution in [0, 0.1) is 0 Å². The van der Waals surface area contributed by atoms with E-state index in [1.54, 1.807) is 24.3 Å². The number of rotatable bonds is 6. The zero-order chi connectivity index (χ0) is 19.6. The highest BCUT2D eigenvalue weighted by Crippen LogP contribution is 2.37. The lowest BCUT2D eigenvalue weighted by Gasteiger charge is -2.28. The van der Waals surface area contributed by atoms with Gasteiger partial charge in [-0.1, -0.05) is 12.1 Å². The van der Waals surface area contributed by atoms with Crippen LogP contribution < -0.4 is 0 Å². The summed E-state index contributed by atoms with van der Waals surface area (Å²) in [7, 11) is 1.31. The lowest BCUT2D eigenvalue weighted by molar-refractivity contribution is -0.129. The Morgan fingerprint density at radius 2 is 1.78 bits per heavy atom. The number of amides is 1. The number of esters is 1. The minimum Gasteiger partial charge on any atom is -0.503 e. The quantitative estimate of drug-likeness (QED) is 0.767. The van der Waals surface area contributed by atoms with Crippen molar-refractivity contribution >= 4 is 17.7 Å². The van der Waals surface area contributed by atoms with Gasteiger partial charge >= 0.3 is 5.97 Å². The first kappa shape index (κ1) is 19.1. The van der Waals surface area contributed by atoms with Gasteiger partial charge in [-0.15, -0.1) is 0 Å². The minimum atomic E-state index is -0.649. The average molecular weight is 372 g/mol. The summed E-state index contributed by atoms with van der Waals surface area (Å²) in [6, 6.07) is 5.92. The molecule has 7 nitrogen and oxygen atoms in total. The molecule has 3 rings (SSSR count). The predicted molar refractivity (Wildman–Crippen MR) is 98.2 cm³/mol. The smallest absolute Gasteiger partial charge is 0.337 e. The van der Waals surface area contributed by atoms with Crippen molar-refractivity contribution in [2.24, 2.45) is 0 Å². The van der Waals surface area contributed by atoms with Crippen molar-refractivity contribution < 1.29 is 24.2 Å². The van der Waals surface area contributed by atoms with Gasteiger partial charge in [0.2, 0.25) is 0 Å². The molecule has 27 heavy (non-hydrogen) atoms. The molecule has 1 N–H and O–H groups in total. The molecule has 1 amide bonds. The molecule has 144 valence electrons. The molecule has 1 saturated heterocycles. The number of likely N-dealkylation sites (tertiary alicyclic amines) is 1. The topological polar surface area (TPSA) is 87.2 Å². The molecule has 0 radical (unpaired) electrons. The van der Waals surface area contributed by atoms with Crippen LogP contribution in [0.2, 0.25) is 0 Å². The monoisotopic (exact) mass is 372 g/mol. The molecule has 1 fully saturated rings. The Labute approximate surface area is 158 Å². The molecule has 1 aromatic carbocycles. The van der Waals surface area contributed by atoms with Crippen LogP contribution in [0.3, 0.4) is 0 Å². The fourth-order valence-corrected chi connectivity index (χ4v) is 3.77. The number of benzene rings is 1. The Kier molecular flexibility index (Phi) is 5.60. The molecular formula is C20H24N2O5. The highest BCUT2D eigenvalue weighted by Gasteiger charge is 2.42. The van der Waals surface area contributed by atoms with Gasteiger partial charge < -0.3 is 19.6 Å². The molecule has 2 aliphatic heterocycles. The van der Waals surface area contributed by atoms with Gasteiger partial charge in [0.1, 0.15) is 0 Å². The number of hydrogen-bond acceptors (Lipinski definition) is 6. The van der Waals surface area contributed by atoms with E-state index in [0.29, 0.717) is 24.2 Å². The van der Waals surface area contributed by atoms with Crippen molar-refractivity contribution in [3.05, 3.63) is 46.7 Å². The van der Waals surface area contributed by atoms with E-state index in [0.717, 1.165) is 25.9 Å². The first-order valence-corrected chi connectivity index (χ1v) is 9.09. The number of ether oxygens (including phenoxy) is 1. The van der Waals surface area contributed by atoms with Gasteiger partial charge in [0.15, 0.2) is 11.5 Å². The molecule has 0 saturated carbocycles. The Balaban J connectivity index is 1.89. The van der Waals surface area contributed by atoms with E-state index < -0.39 is 23.7 Å². The molecular weight excluding hydrogens is 348 g/mol. The number of aliphatic hydroxyl groups is 1. The molecule has 0 spiro atoms. The fourth-order valence-electron chi connectivity index (χ4n) is 3.77. The van der Waals surface area contributed by atoms with Crippen molar-refractivity contribution in [2.75, 3.05) is 33.3 Å². The molecule has 7 heteroatoms. The van der Waals surface area contributed by atoms with Gasteiger partial charge in [-0.3, -0.25) is 9.59 Å². The van der Waals surface area contributed by atoms with Crippen molar-refractivity contribution in [3.63, 3.8) is 0 Å². The zero-order valence-corrected chi connectivity index (χ0v) is 15.6. The van der Waals surface area contributed by atoms with Gasteiger partial charge in [0.05, 0.1) is 24.3 Å². The fraction of sp³-hybridized carbons (Fsp3) is 0.450. The third-order valence-corrected chi connectivity index (χ3v) is 5.19. The summed E-state index contributed by atoms with van der Waals surface area (Å²) >= 11 is 0. The molecule has 0 aliphatic carbocycles. The van der Waals surface area contributed by atoms with Gasteiger partial charge in [-0.25, -0.2) is 4.79 Å². The Morgan fingerprint density at radius 1 is 1.15 bits per heavy atom. The minimum absolute atomic E-state index is 0.104. The highest BCUT2D eigenvalue weighted by atomic mass is 16.5. The normalized spacial score (nSPS) is 20.4. The molecule has 1 aromatic rings. The second kappa shape index (κ2) is 7.92. The van der Waals surface area contributed by atoms with Crippen molar-refractivity contribution in [1.29, 1.82) is 0 Å². The lowest BCUT2D eigenvalue weighted by atomic mass is 9.96. The van der Waals surface area contributed by atoms with Crippen LogP contribution in [0.4, 0.5) is 0 Å². The van der Waals surface area contributed by atoms with Gasteiger partial charge in [-0.05, 0) is 50.6 Å². The number of Topliss-reactive ketones (excluding diaryl/α,β-unsaturated/α-hetero) is 1. The molecule has 0 bridgehead atoms. The Bertz CT molecular complexity index is 778. The van der Waals surface area contributed by atoms with E-state index in [-0.39, 0.29) is 11.4 Å². The maximum atomic E-state index is 12.6. The first-order valence-electron chi connectivity index (χ1n) is 9.09. The summed E-state index contributed by atoms with van der Waals surface area (Å²) in [5.41, 5.74) is 1.16. The third kappa shape index (κ3) is 3.73. The van der Waals surface area contributed by atoms with Gasteiger partial charge in [0, 0.05) is 13.1 Å². The SMILES string of the molecule is COC(=O)c1ccc(C2C(C(C)=O)=C(O)C(=O)N2CCN2CCCC2)cc1. The van der Waals surface area contributed by atoms with Crippen molar-refractivity contribution in [2.45, 2.75) is 25.8 Å². The van der Waals surface area contributed by atoms with Crippen LogP contribution in [0.25, 0.3) is 0 Å². The molecule has 1 unspecified atom stereocenters. The van der Waals surface area contributed by atoms with Crippen molar-refractivity contribution in [1.82, 2.24) is 9.80 Å². The van der Waals surface area contributed by atoms with Crippen LogP contribution in [0.5, 0.6) is 0 Å². The van der Waals surface area contributed by atoms with Crippen LogP contribution in [0.1, 0.15) is 41.7 Å². The molecule has 2 heterocycles. The van der Waals surface area contributed by atoms with E-state index in [1.807, 2.05) is 0 Å². The number of nitrogens with zero attached hydrogens (tertiary/aromatic N) is 2. The molecule has 0 aromatic heterocycles. The number of methoxy groups -OCH3 is 1. The lowest BCUT2D eigenvalue weighted by Crippen LogP contribution is -2.37. The first-order chi connectivity index (χ1) is 12.9. The second-order valence-electron chi connectivity index (χ2n) is 6.88. The maximum Gasteiger partial charge on any atom is 0.337 e. The van der Waals surface area contributed by atoms with E-state index in [9.17, 15) is 19.5 Å². The summed E-state index contributed by atoms with van der Waals surface area (Å²) < 4.78 is 4.70. The number of aliphatic hydroxyl groups excluding tert-OH is 1. The number of carbonyl (C=O) groups excluding carboxylic acids is 3. The molecule has 2 aliphatic rings. The average Bonchev–Trinajstić information content (AvgIpc) is 3.27. The predicted octanol–water partition coefficient (Wildman–Crippen LogP) is 1.85. The summed E-state index contributed by atoms with van der Waals surface area (Å²) in [5, 5.41) is 10.3. The highest BCUT2D eigenvalue weighted by molar-refractivity contribution is 6.08. The maximum absolute atomic E-state index is 12.6.